The fourth-order valence-electron chi connectivity index (χ4n) is 3.84. The minimum Gasteiger partial charge on any atom is -0.392 e. The van der Waals surface area contributed by atoms with E-state index in [2.05, 4.69) is 60.7 Å². The van der Waals surface area contributed by atoms with E-state index in [9.17, 15) is 5.11 Å². The molecular formula is C21H14O. The Labute approximate surface area is 127 Å². The number of benzene rings is 5. The van der Waals surface area contributed by atoms with Crippen LogP contribution >= 0.6 is 0 Å². The Morgan fingerprint density at radius 1 is 0.545 bits per heavy atom. The maximum atomic E-state index is 9.83. The van der Waals surface area contributed by atoms with Crippen LogP contribution in [-0.2, 0) is 6.61 Å². The maximum absolute atomic E-state index is 9.83. The molecule has 0 aromatic heterocycles. The van der Waals surface area contributed by atoms with Gasteiger partial charge in [-0.2, -0.15) is 0 Å². The van der Waals surface area contributed by atoms with Crippen LogP contribution in [0.3, 0.4) is 0 Å². The number of aliphatic hydroxyl groups is 1. The fourth-order valence-corrected chi connectivity index (χ4v) is 3.84. The number of rotatable bonds is 1. The van der Waals surface area contributed by atoms with E-state index in [0.717, 1.165) is 5.56 Å². The predicted molar refractivity (Wildman–Crippen MR) is 93.6 cm³/mol. The van der Waals surface area contributed by atoms with Gasteiger partial charge < -0.3 is 5.11 Å². The van der Waals surface area contributed by atoms with Crippen LogP contribution in [0.5, 0.6) is 0 Å². The monoisotopic (exact) mass is 282 g/mol. The fraction of sp³-hybridized carbons (Fsp3) is 0.0476. The summed E-state index contributed by atoms with van der Waals surface area (Å²) in [5, 5.41) is 19.9. The third-order valence-corrected chi connectivity index (χ3v) is 4.77. The van der Waals surface area contributed by atoms with Crippen LogP contribution in [-0.4, -0.2) is 5.11 Å². The number of fused-ring (bicyclic) bond motifs is 3. The van der Waals surface area contributed by atoms with Gasteiger partial charge in [0.15, 0.2) is 0 Å². The largest absolute Gasteiger partial charge is 0.392 e. The normalized spacial score (nSPS) is 12.0. The summed E-state index contributed by atoms with van der Waals surface area (Å²) in [6, 6.07) is 23.5. The minimum atomic E-state index is 0.0676. The standard InChI is InChI=1S/C21H14O/c22-12-15-11-10-14-9-8-13-4-3-7-18-16-5-1-2-6-17(16)20(15)21(14)19(13)18/h1-11,22H,12H2. The highest BCUT2D eigenvalue weighted by atomic mass is 16.3. The average molecular weight is 282 g/mol. The zero-order chi connectivity index (χ0) is 14.7. The molecule has 1 N–H and O–H groups in total. The Bertz CT molecular complexity index is 1150. The molecule has 0 radical (unpaired) electrons. The molecule has 0 saturated heterocycles. The Hall–Kier alpha value is -2.64. The number of hydrogen-bond donors (Lipinski definition) is 1. The van der Waals surface area contributed by atoms with Crippen molar-refractivity contribution in [2.45, 2.75) is 6.61 Å². The Balaban J connectivity index is 2.29. The molecule has 0 aliphatic rings. The third kappa shape index (κ3) is 1.36. The molecule has 1 heteroatoms. The SMILES string of the molecule is OCc1ccc2ccc3cccc4c5ccccc5c1c2c34. The van der Waals surface area contributed by atoms with Crippen LogP contribution in [0.25, 0.3) is 43.1 Å². The quantitative estimate of drug-likeness (QED) is 0.330. The van der Waals surface area contributed by atoms with Crippen molar-refractivity contribution >= 4 is 43.1 Å². The van der Waals surface area contributed by atoms with Gasteiger partial charge in [0, 0.05) is 0 Å². The molecule has 0 atom stereocenters. The van der Waals surface area contributed by atoms with Crippen molar-refractivity contribution in [1.82, 2.24) is 0 Å². The van der Waals surface area contributed by atoms with Gasteiger partial charge >= 0.3 is 0 Å². The first-order valence-electron chi connectivity index (χ1n) is 7.56. The smallest absolute Gasteiger partial charge is 0.0688 e. The van der Waals surface area contributed by atoms with E-state index in [1.807, 2.05) is 6.07 Å². The van der Waals surface area contributed by atoms with E-state index in [0.29, 0.717) is 0 Å². The molecule has 0 unspecified atom stereocenters. The van der Waals surface area contributed by atoms with Crippen LogP contribution in [0.15, 0.2) is 66.7 Å². The highest BCUT2D eigenvalue weighted by Gasteiger charge is 2.14. The van der Waals surface area contributed by atoms with E-state index in [1.54, 1.807) is 0 Å². The van der Waals surface area contributed by atoms with Crippen molar-refractivity contribution in [3.63, 3.8) is 0 Å². The lowest BCUT2D eigenvalue weighted by atomic mass is 9.87. The molecule has 0 bridgehead atoms. The van der Waals surface area contributed by atoms with Crippen LogP contribution in [0.4, 0.5) is 0 Å². The second-order valence-electron chi connectivity index (χ2n) is 5.87. The lowest BCUT2D eigenvalue weighted by Gasteiger charge is -2.16. The summed E-state index contributed by atoms with van der Waals surface area (Å²) in [4.78, 5) is 0. The molecule has 1 nitrogen and oxygen atoms in total. The predicted octanol–water partition coefficient (Wildman–Crippen LogP) is 5.23. The number of hydrogen-bond acceptors (Lipinski definition) is 1. The maximum Gasteiger partial charge on any atom is 0.0688 e. The van der Waals surface area contributed by atoms with Gasteiger partial charge in [0.2, 0.25) is 0 Å². The second kappa shape index (κ2) is 4.19. The van der Waals surface area contributed by atoms with Crippen molar-refractivity contribution in [3.05, 3.63) is 72.3 Å². The van der Waals surface area contributed by atoms with Crippen LogP contribution in [0, 0.1) is 0 Å². The van der Waals surface area contributed by atoms with E-state index in [-0.39, 0.29) is 6.61 Å². The van der Waals surface area contributed by atoms with Crippen molar-refractivity contribution < 1.29 is 5.11 Å². The summed E-state index contributed by atoms with van der Waals surface area (Å²) in [6.45, 7) is 0.0676. The van der Waals surface area contributed by atoms with Gasteiger partial charge in [0.25, 0.3) is 0 Å². The molecular weight excluding hydrogens is 268 g/mol. The van der Waals surface area contributed by atoms with Crippen LogP contribution < -0.4 is 0 Å². The van der Waals surface area contributed by atoms with Crippen molar-refractivity contribution in [1.29, 1.82) is 0 Å². The molecule has 0 aliphatic heterocycles. The van der Waals surface area contributed by atoms with Gasteiger partial charge in [0.1, 0.15) is 0 Å². The van der Waals surface area contributed by atoms with Crippen molar-refractivity contribution in [3.8, 4) is 0 Å². The van der Waals surface area contributed by atoms with Gasteiger partial charge in [-0.05, 0) is 48.7 Å². The van der Waals surface area contributed by atoms with Crippen LogP contribution in [0.2, 0.25) is 0 Å². The molecule has 5 rings (SSSR count). The Morgan fingerprint density at radius 3 is 2.00 bits per heavy atom. The molecule has 0 aliphatic carbocycles. The van der Waals surface area contributed by atoms with E-state index in [4.69, 9.17) is 0 Å². The summed E-state index contributed by atoms with van der Waals surface area (Å²) in [6.07, 6.45) is 0. The molecule has 5 aromatic rings. The molecule has 22 heavy (non-hydrogen) atoms. The summed E-state index contributed by atoms with van der Waals surface area (Å²) in [5.41, 5.74) is 1.00. The molecule has 0 saturated carbocycles. The zero-order valence-electron chi connectivity index (χ0n) is 12.0. The van der Waals surface area contributed by atoms with E-state index < -0.39 is 0 Å². The molecule has 0 spiro atoms. The third-order valence-electron chi connectivity index (χ3n) is 4.77. The molecule has 5 aromatic carbocycles. The Kier molecular flexibility index (Phi) is 2.28. The number of aliphatic hydroxyl groups excluding tert-OH is 1. The van der Waals surface area contributed by atoms with Gasteiger partial charge in [-0.15, -0.1) is 0 Å². The Morgan fingerprint density at radius 2 is 1.18 bits per heavy atom. The lowest BCUT2D eigenvalue weighted by molar-refractivity contribution is 0.283. The van der Waals surface area contributed by atoms with Crippen LogP contribution in [0.1, 0.15) is 5.56 Å². The minimum absolute atomic E-state index is 0.0676. The summed E-state index contributed by atoms with van der Waals surface area (Å²) in [7, 11) is 0. The first-order chi connectivity index (χ1) is 10.9. The van der Waals surface area contributed by atoms with E-state index >= 15 is 0 Å². The topological polar surface area (TPSA) is 20.2 Å². The molecule has 0 fully saturated rings. The van der Waals surface area contributed by atoms with Gasteiger partial charge in [-0.3, -0.25) is 0 Å². The van der Waals surface area contributed by atoms with Crippen molar-refractivity contribution in [2.24, 2.45) is 0 Å². The molecule has 0 heterocycles. The summed E-state index contributed by atoms with van der Waals surface area (Å²) in [5.74, 6) is 0. The van der Waals surface area contributed by atoms with Crippen molar-refractivity contribution in [2.75, 3.05) is 0 Å². The first kappa shape index (κ1) is 12.0. The zero-order valence-corrected chi connectivity index (χ0v) is 12.0. The van der Waals surface area contributed by atoms with E-state index in [1.165, 1.54) is 43.1 Å². The summed E-state index contributed by atoms with van der Waals surface area (Å²) < 4.78 is 0. The second-order valence-corrected chi connectivity index (χ2v) is 5.87. The lowest BCUT2D eigenvalue weighted by Crippen LogP contribution is -1.92. The first-order valence-corrected chi connectivity index (χ1v) is 7.56. The van der Waals surface area contributed by atoms with Gasteiger partial charge in [-0.1, -0.05) is 66.7 Å². The molecule has 0 amide bonds. The average Bonchev–Trinajstić information content (AvgIpc) is 2.60. The molecule has 104 valence electrons. The summed E-state index contributed by atoms with van der Waals surface area (Å²) >= 11 is 0. The van der Waals surface area contributed by atoms with Gasteiger partial charge in [-0.25, -0.2) is 0 Å². The highest BCUT2D eigenvalue weighted by Crippen LogP contribution is 2.41. The highest BCUT2D eigenvalue weighted by molar-refractivity contribution is 6.34. The van der Waals surface area contributed by atoms with Gasteiger partial charge in [0.05, 0.1) is 6.61 Å².